The molecular formula is C41H51N9O2. The fraction of sp³-hybridized carbons (Fsp3) is 0.463. The summed E-state index contributed by atoms with van der Waals surface area (Å²) in [5, 5.41) is 20.4. The minimum Gasteiger partial charge on any atom is -0.484 e. The van der Waals surface area contributed by atoms with Gasteiger partial charge in [0.05, 0.1) is 23.6 Å². The summed E-state index contributed by atoms with van der Waals surface area (Å²) in [5.74, 6) is 2.29. The van der Waals surface area contributed by atoms with Crippen LogP contribution in [0, 0.1) is 0 Å². The van der Waals surface area contributed by atoms with E-state index in [1.54, 1.807) is 0 Å². The van der Waals surface area contributed by atoms with Gasteiger partial charge in [-0.25, -0.2) is 9.48 Å². The van der Waals surface area contributed by atoms with Crippen molar-refractivity contribution in [2.75, 3.05) is 29.9 Å². The van der Waals surface area contributed by atoms with Gasteiger partial charge in [-0.3, -0.25) is 14.6 Å². The van der Waals surface area contributed by atoms with Crippen molar-refractivity contribution in [3.8, 4) is 11.4 Å². The minimum absolute atomic E-state index is 0.146. The molecule has 2 fully saturated rings. The van der Waals surface area contributed by atoms with Crippen molar-refractivity contribution in [1.82, 2.24) is 34.6 Å². The molecule has 0 bridgehead atoms. The predicted octanol–water partition coefficient (Wildman–Crippen LogP) is 7.96. The number of amides is 2. The smallest absolute Gasteiger partial charge is 0.320 e. The maximum atomic E-state index is 13.8. The van der Waals surface area contributed by atoms with Gasteiger partial charge in [-0.1, -0.05) is 57.2 Å². The first-order valence-electron chi connectivity index (χ1n) is 19.1. The Labute approximate surface area is 306 Å². The van der Waals surface area contributed by atoms with E-state index in [2.05, 4.69) is 99.1 Å². The summed E-state index contributed by atoms with van der Waals surface area (Å²) in [5.41, 5.74) is 5.88. The Balaban J connectivity index is 0.990. The SMILES string of the molecule is CC1CCCCN1c1nnc2ccc(O[C@@H]3CC[C@H](NC(=O)Nc4cc(C(C)(C)C)nn4-c4cccc(CN5CCCC5)c4)c4ccccc43)cn12. The second-order valence-corrected chi connectivity index (χ2v) is 15.8. The summed E-state index contributed by atoms with van der Waals surface area (Å²) in [4.78, 5) is 18.6. The third-order valence-electron chi connectivity index (χ3n) is 10.9. The maximum Gasteiger partial charge on any atom is 0.320 e. The van der Waals surface area contributed by atoms with Crippen molar-refractivity contribution in [3.05, 3.63) is 95.3 Å². The summed E-state index contributed by atoms with van der Waals surface area (Å²) in [7, 11) is 0. The molecule has 272 valence electrons. The number of piperidine rings is 1. The Hall–Kier alpha value is -4.90. The largest absolute Gasteiger partial charge is 0.484 e. The number of urea groups is 1. The highest BCUT2D eigenvalue weighted by molar-refractivity contribution is 5.89. The summed E-state index contributed by atoms with van der Waals surface area (Å²) in [6.07, 6.45) is 9.46. The number of nitrogens with one attached hydrogen (secondary N) is 2. The van der Waals surface area contributed by atoms with Crippen LogP contribution in [0.15, 0.2) is 72.9 Å². The molecule has 11 nitrogen and oxygen atoms in total. The van der Waals surface area contributed by atoms with E-state index in [0.717, 1.165) is 91.7 Å². The molecule has 0 radical (unpaired) electrons. The number of benzene rings is 2. The van der Waals surface area contributed by atoms with Crippen LogP contribution in [-0.4, -0.2) is 61.0 Å². The number of fused-ring (bicyclic) bond motifs is 2. The third kappa shape index (κ3) is 7.11. The molecule has 1 aliphatic carbocycles. The summed E-state index contributed by atoms with van der Waals surface area (Å²) >= 11 is 0. The number of hydrogen-bond acceptors (Lipinski definition) is 7. The molecule has 8 rings (SSSR count). The molecule has 1 unspecified atom stereocenters. The van der Waals surface area contributed by atoms with Crippen LogP contribution < -0.4 is 20.3 Å². The zero-order valence-corrected chi connectivity index (χ0v) is 30.9. The van der Waals surface area contributed by atoms with Gasteiger partial charge in [0.25, 0.3) is 0 Å². The molecule has 2 aromatic carbocycles. The van der Waals surface area contributed by atoms with E-state index in [1.165, 1.54) is 24.8 Å². The molecule has 2 aliphatic heterocycles. The minimum atomic E-state index is -0.258. The van der Waals surface area contributed by atoms with Crippen molar-refractivity contribution < 1.29 is 9.53 Å². The van der Waals surface area contributed by atoms with Crippen molar-refractivity contribution in [3.63, 3.8) is 0 Å². The molecule has 5 heterocycles. The molecular weight excluding hydrogens is 651 g/mol. The van der Waals surface area contributed by atoms with Gasteiger partial charge in [0, 0.05) is 30.6 Å². The number of rotatable bonds is 8. The van der Waals surface area contributed by atoms with E-state index in [1.807, 2.05) is 41.2 Å². The van der Waals surface area contributed by atoms with E-state index >= 15 is 0 Å². The van der Waals surface area contributed by atoms with Gasteiger partial charge in [0.1, 0.15) is 17.7 Å². The lowest BCUT2D eigenvalue weighted by Crippen LogP contribution is -2.38. The van der Waals surface area contributed by atoms with Crippen LogP contribution in [0.5, 0.6) is 5.75 Å². The van der Waals surface area contributed by atoms with Gasteiger partial charge in [-0.05, 0) is 106 Å². The van der Waals surface area contributed by atoms with Crippen molar-refractivity contribution in [2.45, 2.75) is 103 Å². The molecule has 2 amide bonds. The lowest BCUT2D eigenvalue weighted by Gasteiger charge is -2.33. The van der Waals surface area contributed by atoms with Gasteiger partial charge < -0.3 is 15.0 Å². The van der Waals surface area contributed by atoms with E-state index in [4.69, 9.17) is 9.84 Å². The number of anilines is 2. The number of likely N-dealkylation sites (tertiary alicyclic amines) is 1. The number of nitrogens with zero attached hydrogens (tertiary/aromatic N) is 7. The highest BCUT2D eigenvalue weighted by Crippen LogP contribution is 2.39. The number of carbonyl (C=O) groups is 1. The van der Waals surface area contributed by atoms with Gasteiger partial charge >= 0.3 is 6.03 Å². The average molecular weight is 702 g/mol. The highest BCUT2D eigenvalue weighted by atomic mass is 16.5. The zero-order valence-electron chi connectivity index (χ0n) is 30.9. The fourth-order valence-corrected chi connectivity index (χ4v) is 8.04. The predicted molar refractivity (Wildman–Crippen MR) is 204 cm³/mol. The Morgan fingerprint density at radius 1 is 0.885 bits per heavy atom. The number of carbonyl (C=O) groups excluding carboxylic acids is 1. The number of aromatic nitrogens is 5. The summed E-state index contributed by atoms with van der Waals surface area (Å²) < 4.78 is 10.6. The van der Waals surface area contributed by atoms with Crippen LogP contribution in [0.25, 0.3) is 11.3 Å². The first kappa shape index (κ1) is 34.2. The van der Waals surface area contributed by atoms with Crippen molar-refractivity contribution in [2.24, 2.45) is 0 Å². The van der Waals surface area contributed by atoms with E-state index in [-0.39, 0.29) is 23.6 Å². The molecule has 11 heteroatoms. The molecule has 52 heavy (non-hydrogen) atoms. The standard InChI is InChI=1S/C41H51N9O2/c1-28-12-7-8-23-48(28)40-45-44-37-20-17-31(27-49(37)40)52-35-19-18-34(32-15-5-6-16-33(32)35)42-39(51)43-38-25-36(41(2,3)4)46-50(38)30-14-11-13-29(24-30)26-47-21-9-10-22-47/h5-6,11,13-17,20,24-25,27-28,34-35H,7-10,12,18-19,21-23,26H2,1-4H3,(H2,42,43,51)/t28?,34-,35+/m0/s1. The monoisotopic (exact) mass is 701 g/mol. The molecule has 3 aliphatic rings. The summed E-state index contributed by atoms with van der Waals surface area (Å²) in [6, 6.07) is 22.7. The second-order valence-electron chi connectivity index (χ2n) is 15.8. The number of pyridine rings is 1. The third-order valence-corrected chi connectivity index (χ3v) is 10.9. The fourth-order valence-electron chi connectivity index (χ4n) is 8.04. The first-order valence-corrected chi connectivity index (χ1v) is 19.1. The van der Waals surface area contributed by atoms with Crippen LogP contribution in [0.2, 0.25) is 0 Å². The molecule has 5 aromatic rings. The number of hydrogen-bond donors (Lipinski definition) is 2. The molecule has 3 aromatic heterocycles. The highest BCUT2D eigenvalue weighted by Gasteiger charge is 2.31. The van der Waals surface area contributed by atoms with E-state index in [0.29, 0.717) is 11.9 Å². The van der Waals surface area contributed by atoms with Crippen LogP contribution in [0.3, 0.4) is 0 Å². The molecule has 2 N–H and O–H groups in total. The average Bonchev–Trinajstić information content (AvgIpc) is 3.90. The Morgan fingerprint density at radius 2 is 1.69 bits per heavy atom. The topological polar surface area (TPSA) is 105 Å². The first-order chi connectivity index (χ1) is 25.2. The summed E-state index contributed by atoms with van der Waals surface area (Å²) in [6.45, 7) is 12.9. The molecule has 0 saturated carbocycles. The normalized spacial score (nSPS) is 20.9. The van der Waals surface area contributed by atoms with E-state index in [9.17, 15) is 4.79 Å². The van der Waals surface area contributed by atoms with Gasteiger partial charge in [0.2, 0.25) is 5.95 Å². The van der Waals surface area contributed by atoms with Crippen molar-refractivity contribution in [1.29, 1.82) is 0 Å². The lowest BCUT2D eigenvalue weighted by atomic mass is 9.85. The van der Waals surface area contributed by atoms with Crippen LogP contribution in [0.1, 0.15) is 107 Å². The van der Waals surface area contributed by atoms with E-state index < -0.39 is 0 Å². The van der Waals surface area contributed by atoms with Crippen LogP contribution in [0.4, 0.5) is 16.6 Å². The van der Waals surface area contributed by atoms with Gasteiger partial charge in [-0.2, -0.15) is 5.10 Å². The lowest BCUT2D eigenvalue weighted by molar-refractivity contribution is 0.171. The molecule has 2 saturated heterocycles. The zero-order chi connectivity index (χ0) is 35.8. The van der Waals surface area contributed by atoms with Crippen molar-refractivity contribution >= 4 is 23.4 Å². The quantitative estimate of drug-likeness (QED) is 0.169. The molecule has 3 atom stereocenters. The molecule has 0 spiro atoms. The Bertz CT molecular complexity index is 2040. The second kappa shape index (κ2) is 14.3. The van der Waals surface area contributed by atoms with Gasteiger partial charge in [0.15, 0.2) is 5.65 Å². The van der Waals surface area contributed by atoms with Gasteiger partial charge in [-0.15, -0.1) is 10.2 Å². The van der Waals surface area contributed by atoms with Crippen LogP contribution in [-0.2, 0) is 12.0 Å². The number of ether oxygens (including phenoxy) is 1. The maximum absolute atomic E-state index is 13.8. The van der Waals surface area contributed by atoms with Crippen LogP contribution >= 0.6 is 0 Å². The Kier molecular flexibility index (Phi) is 9.38. The Morgan fingerprint density at radius 3 is 2.50 bits per heavy atom.